The molecule has 0 saturated carbocycles. The number of nitrogens with zero attached hydrogens (tertiary/aromatic N) is 1. The Labute approximate surface area is 62.0 Å². The van der Waals surface area contributed by atoms with Crippen molar-refractivity contribution in [3.63, 3.8) is 0 Å². The third-order valence-electron chi connectivity index (χ3n) is 1.07. The summed E-state index contributed by atoms with van der Waals surface area (Å²) in [7, 11) is 1.23. The van der Waals surface area contributed by atoms with E-state index >= 15 is 0 Å². The van der Waals surface area contributed by atoms with Gasteiger partial charge in [0.15, 0.2) is 0 Å². The molecule has 11 heavy (non-hydrogen) atoms. The van der Waals surface area contributed by atoms with Gasteiger partial charge in [0, 0.05) is 6.07 Å². The molecule has 5 heteroatoms. The highest BCUT2D eigenvalue weighted by molar-refractivity contribution is 5.86. The van der Waals surface area contributed by atoms with Gasteiger partial charge in [-0.25, -0.2) is 4.79 Å². The number of carbonyl (C=O) groups is 1. The van der Waals surface area contributed by atoms with Gasteiger partial charge < -0.3 is 4.74 Å². The molecular weight excluding hydrogens is 148 g/mol. The zero-order valence-corrected chi connectivity index (χ0v) is 5.83. The molecule has 0 unspecified atom stereocenters. The molecule has 5 nitrogen and oxygen atoms in total. The lowest BCUT2D eigenvalue weighted by Gasteiger charge is -1.95. The van der Waals surface area contributed by atoms with Crippen LogP contribution in [0, 0.1) is 0 Å². The zero-order valence-electron chi connectivity index (χ0n) is 5.83. The molecule has 1 heterocycles. The molecule has 0 bridgehead atoms. The van der Waals surface area contributed by atoms with Crippen molar-refractivity contribution in [2.75, 3.05) is 7.11 Å². The van der Waals surface area contributed by atoms with E-state index in [4.69, 9.17) is 0 Å². The Bertz CT molecular complexity index is 318. The highest BCUT2D eigenvalue weighted by Gasteiger charge is 2.04. The fourth-order valence-corrected chi connectivity index (χ4v) is 0.592. The predicted octanol–water partition coefficient (Wildman–Crippen LogP) is -0.444. The van der Waals surface area contributed by atoms with Gasteiger partial charge in [-0.05, 0) is 0 Å². The van der Waals surface area contributed by atoms with Crippen molar-refractivity contribution in [1.82, 2.24) is 10.2 Å². The van der Waals surface area contributed by atoms with E-state index in [2.05, 4.69) is 14.9 Å². The van der Waals surface area contributed by atoms with Crippen LogP contribution in [0.4, 0.5) is 0 Å². The van der Waals surface area contributed by atoms with Gasteiger partial charge in [-0.15, -0.1) is 0 Å². The maximum atomic E-state index is 10.7. The van der Waals surface area contributed by atoms with Crippen molar-refractivity contribution in [2.24, 2.45) is 0 Å². The van der Waals surface area contributed by atoms with Crippen LogP contribution in [0.25, 0.3) is 0 Å². The SMILES string of the molecule is COC(=O)c1cc(=O)cn[nH]1. The first-order chi connectivity index (χ1) is 5.24. The highest BCUT2D eigenvalue weighted by Crippen LogP contribution is 1.88. The van der Waals surface area contributed by atoms with Crippen LogP contribution in [0.1, 0.15) is 10.5 Å². The number of carbonyl (C=O) groups excluding carboxylic acids is 1. The standard InChI is InChI=1S/C6H6N2O3/c1-11-6(10)5-2-4(9)3-7-8-5/h2-3H,1H3,(H,8,9). The number of aromatic amines is 1. The molecule has 0 amide bonds. The maximum absolute atomic E-state index is 10.7. The molecule has 1 N–H and O–H groups in total. The molecule has 1 aromatic heterocycles. The van der Waals surface area contributed by atoms with Crippen molar-refractivity contribution in [1.29, 1.82) is 0 Å². The van der Waals surface area contributed by atoms with Crippen LogP contribution >= 0.6 is 0 Å². The second-order valence-electron chi connectivity index (χ2n) is 1.82. The number of methoxy groups -OCH3 is 1. The third-order valence-corrected chi connectivity index (χ3v) is 1.07. The Balaban J connectivity index is 3.05. The van der Waals surface area contributed by atoms with Gasteiger partial charge in [0.2, 0.25) is 5.43 Å². The van der Waals surface area contributed by atoms with Gasteiger partial charge in [-0.3, -0.25) is 9.89 Å². The highest BCUT2D eigenvalue weighted by atomic mass is 16.5. The van der Waals surface area contributed by atoms with E-state index in [9.17, 15) is 9.59 Å². The molecule has 1 aromatic rings. The van der Waals surface area contributed by atoms with Crippen LogP contribution in [-0.2, 0) is 4.74 Å². The minimum Gasteiger partial charge on any atom is -0.464 e. The summed E-state index contributed by atoms with van der Waals surface area (Å²) in [4.78, 5) is 21.4. The number of aromatic nitrogens is 2. The van der Waals surface area contributed by atoms with E-state index < -0.39 is 5.97 Å². The molecule has 58 valence electrons. The predicted molar refractivity (Wildman–Crippen MR) is 36.2 cm³/mol. The van der Waals surface area contributed by atoms with Crippen LogP contribution in [0.3, 0.4) is 0 Å². The fraction of sp³-hybridized carbons (Fsp3) is 0.167. The van der Waals surface area contributed by atoms with Crippen molar-refractivity contribution < 1.29 is 9.53 Å². The average Bonchev–Trinajstić information content (AvgIpc) is 2.03. The monoisotopic (exact) mass is 154 g/mol. The molecule has 0 fully saturated rings. The summed E-state index contributed by atoms with van der Waals surface area (Å²) in [6.07, 6.45) is 1.08. The normalized spacial score (nSPS) is 9.18. The summed E-state index contributed by atoms with van der Waals surface area (Å²) in [5, 5.41) is 5.75. The molecule has 0 radical (unpaired) electrons. The Morgan fingerprint density at radius 2 is 2.45 bits per heavy atom. The zero-order chi connectivity index (χ0) is 8.27. The average molecular weight is 154 g/mol. The van der Waals surface area contributed by atoms with E-state index in [1.54, 1.807) is 0 Å². The molecule has 0 aromatic carbocycles. The first kappa shape index (κ1) is 7.46. The minimum absolute atomic E-state index is 0.0556. The number of nitrogens with one attached hydrogen (secondary N) is 1. The van der Waals surface area contributed by atoms with E-state index in [-0.39, 0.29) is 11.1 Å². The third kappa shape index (κ3) is 1.64. The van der Waals surface area contributed by atoms with E-state index in [1.807, 2.05) is 0 Å². The lowest BCUT2D eigenvalue weighted by molar-refractivity contribution is 0.0592. The number of H-pyrrole nitrogens is 1. The van der Waals surface area contributed by atoms with Crippen molar-refractivity contribution in [2.45, 2.75) is 0 Å². The van der Waals surface area contributed by atoms with Gasteiger partial charge in [0.25, 0.3) is 0 Å². The molecule has 0 saturated heterocycles. The number of rotatable bonds is 1. The molecule has 0 aliphatic heterocycles. The van der Waals surface area contributed by atoms with E-state index in [0.717, 1.165) is 12.3 Å². The van der Waals surface area contributed by atoms with Crippen LogP contribution in [0.15, 0.2) is 17.1 Å². The minimum atomic E-state index is -0.602. The number of esters is 1. The number of hydrogen-bond acceptors (Lipinski definition) is 4. The largest absolute Gasteiger partial charge is 0.464 e. The van der Waals surface area contributed by atoms with Crippen molar-refractivity contribution >= 4 is 5.97 Å². The van der Waals surface area contributed by atoms with E-state index in [0.29, 0.717) is 0 Å². The quantitative estimate of drug-likeness (QED) is 0.556. The lowest BCUT2D eigenvalue weighted by atomic mass is 10.4. The maximum Gasteiger partial charge on any atom is 0.356 e. The summed E-state index contributed by atoms with van der Waals surface area (Å²) in [5.41, 5.74) is -0.274. The molecule has 0 aliphatic carbocycles. The van der Waals surface area contributed by atoms with Crippen molar-refractivity contribution in [3.8, 4) is 0 Å². The van der Waals surface area contributed by atoms with Crippen LogP contribution in [0.2, 0.25) is 0 Å². The van der Waals surface area contributed by atoms with Gasteiger partial charge in [0.1, 0.15) is 5.69 Å². The first-order valence-electron chi connectivity index (χ1n) is 2.87. The molecule has 0 spiro atoms. The van der Waals surface area contributed by atoms with Crippen LogP contribution < -0.4 is 5.43 Å². The Hall–Kier alpha value is -1.65. The van der Waals surface area contributed by atoms with Gasteiger partial charge in [0.05, 0.1) is 13.3 Å². The Kier molecular flexibility index (Phi) is 2.00. The van der Waals surface area contributed by atoms with Crippen LogP contribution in [-0.4, -0.2) is 23.3 Å². The summed E-state index contributed by atoms with van der Waals surface area (Å²) in [5.74, 6) is -0.602. The molecule has 0 atom stereocenters. The second kappa shape index (κ2) is 2.96. The molecule has 0 aliphatic rings. The fourth-order valence-electron chi connectivity index (χ4n) is 0.592. The Morgan fingerprint density at radius 1 is 1.73 bits per heavy atom. The topological polar surface area (TPSA) is 72.1 Å². The molecule has 1 rings (SSSR count). The number of ether oxygens (including phenoxy) is 1. The van der Waals surface area contributed by atoms with Crippen molar-refractivity contribution in [3.05, 3.63) is 28.2 Å². The Morgan fingerprint density at radius 3 is 3.00 bits per heavy atom. The smallest absolute Gasteiger partial charge is 0.356 e. The summed E-state index contributed by atoms with van der Waals surface area (Å²) < 4.78 is 4.34. The van der Waals surface area contributed by atoms with Crippen LogP contribution in [0.5, 0.6) is 0 Å². The van der Waals surface area contributed by atoms with E-state index in [1.165, 1.54) is 7.11 Å². The van der Waals surface area contributed by atoms with Gasteiger partial charge >= 0.3 is 5.97 Å². The molecular formula is C6H6N2O3. The summed E-state index contributed by atoms with van der Waals surface area (Å²) >= 11 is 0. The van der Waals surface area contributed by atoms with Gasteiger partial charge in [-0.1, -0.05) is 0 Å². The summed E-state index contributed by atoms with van der Waals surface area (Å²) in [6.45, 7) is 0. The second-order valence-corrected chi connectivity index (χ2v) is 1.82. The first-order valence-corrected chi connectivity index (χ1v) is 2.87. The summed E-state index contributed by atoms with van der Waals surface area (Å²) in [6, 6.07) is 1.12. The number of hydrogen-bond donors (Lipinski definition) is 1. The lowest BCUT2D eigenvalue weighted by Crippen LogP contribution is -2.10. The van der Waals surface area contributed by atoms with Gasteiger partial charge in [-0.2, -0.15) is 5.10 Å².